The lowest BCUT2D eigenvalue weighted by Gasteiger charge is -2.08. The van der Waals surface area contributed by atoms with Crippen LogP contribution in [0.4, 0.5) is 0 Å². The number of carbonyl (C=O) groups is 1. The Morgan fingerprint density at radius 2 is 1.94 bits per heavy atom. The van der Waals surface area contributed by atoms with Crippen LogP contribution in [0.15, 0.2) is 18.2 Å². The molecule has 18 heavy (non-hydrogen) atoms. The molecule has 1 aromatic carbocycles. The Labute approximate surface area is 109 Å². The predicted octanol–water partition coefficient (Wildman–Crippen LogP) is 2.09. The molecule has 0 saturated heterocycles. The highest BCUT2D eigenvalue weighted by Gasteiger charge is 2.17. The van der Waals surface area contributed by atoms with Crippen LogP contribution in [0.25, 0.3) is 0 Å². The van der Waals surface area contributed by atoms with Crippen molar-refractivity contribution in [1.29, 1.82) is 0 Å². The van der Waals surface area contributed by atoms with Gasteiger partial charge in [-0.25, -0.2) is 0 Å². The summed E-state index contributed by atoms with van der Waals surface area (Å²) in [4.78, 5) is 12.8. The quantitative estimate of drug-likeness (QED) is 0.791. The Balaban J connectivity index is 2.40. The van der Waals surface area contributed by atoms with Gasteiger partial charge in [0, 0.05) is 5.56 Å². The molecule has 0 radical (unpaired) electrons. The Hall–Kier alpha value is -1.95. The molecule has 1 heterocycles. The molecule has 0 amide bonds. The van der Waals surface area contributed by atoms with Crippen molar-refractivity contribution >= 4 is 17.3 Å². The number of carbonyl (C=O) groups excluding carboxylic acids is 1. The summed E-state index contributed by atoms with van der Waals surface area (Å²) in [5.74, 6) is 1.01. The number of ketones is 1. The second kappa shape index (κ2) is 5.14. The van der Waals surface area contributed by atoms with E-state index >= 15 is 0 Å². The summed E-state index contributed by atoms with van der Waals surface area (Å²) < 4.78 is 14.1. The minimum Gasteiger partial charge on any atom is -0.493 e. The first-order chi connectivity index (χ1) is 8.67. The number of benzene rings is 1. The van der Waals surface area contributed by atoms with Crippen molar-refractivity contribution in [2.75, 3.05) is 14.2 Å². The number of hydrogen-bond donors (Lipinski definition) is 0. The lowest BCUT2D eigenvalue weighted by atomic mass is 10.1. The van der Waals surface area contributed by atoms with E-state index in [1.165, 1.54) is 7.11 Å². The van der Waals surface area contributed by atoms with Gasteiger partial charge < -0.3 is 9.47 Å². The van der Waals surface area contributed by atoms with Crippen LogP contribution in [0.5, 0.6) is 11.5 Å². The zero-order valence-electron chi connectivity index (χ0n) is 10.3. The summed E-state index contributed by atoms with van der Waals surface area (Å²) in [6, 6.07) is 5.05. The summed E-state index contributed by atoms with van der Waals surface area (Å²) in [5, 5.41) is 3.83. The fourth-order valence-corrected chi connectivity index (χ4v) is 2.17. The second-order valence-electron chi connectivity index (χ2n) is 3.59. The van der Waals surface area contributed by atoms with Crippen LogP contribution in [-0.2, 0) is 0 Å². The maximum atomic E-state index is 12.2. The van der Waals surface area contributed by atoms with E-state index < -0.39 is 0 Å². The van der Waals surface area contributed by atoms with Gasteiger partial charge in [-0.05, 0) is 36.7 Å². The van der Waals surface area contributed by atoms with Crippen LogP contribution in [0.2, 0.25) is 0 Å². The maximum Gasteiger partial charge on any atom is 0.206 e. The average Bonchev–Trinajstić information content (AvgIpc) is 2.83. The van der Waals surface area contributed by atoms with Crippen molar-refractivity contribution in [3.63, 3.8) is 0 Å². The standard InChI is InChI=1S/C12H12N2O3S/c1-7-12(18-14-13-7)11(15)8-4-5-9(16-2)10(6-8)17-3/h4-6H,1-3H3. The average molecular weight is 264 g/mol. The third-order valence-electron chi connectivity index (χ3n) is 2.50. The maximum absolute atomic E-state index is 12.2. The van der Waals surface area contributed by atoms with Gasteiger partial charge in [0.2, 0.25) is 5.78 Å². The summed E-state index contributed by atoms with van der Waals surface area (Å²) in [5.41, 5.74) is 1.17. The van der Waals surface area contributed by atoms with Crippen LogP contribution in [0.3, 0.4) is 0 Å². The number of aryl methyl sites for hydroxylation is 1. The van der Waals surface area contributed by atoms with E-state index in [2.05, 4.69) is 9.59 Å². The van der Waals surface area contributed by atoms with E-state index in [9.17, 15) is 4.79 Å². The number of hydrogen-bond acceptors (Lipinski definition) is 6. The first kappa shape index (κ1) is 12.5. The molecule has 2 aromatic rings. The molecule has 0 aliphatic carbocycles. The fourth-order valence-electron chi connectivity index (χ4n) is 1.55. The molecule has 0 atom stereocenters. The van der Waals surface area contributed by atoms with Crippen LogP contribution < -0.4 is 9.47 Å². The first-order valence-corrected chi connectivity index (χ1v) is 6.00. The monoisotopic (exact) mass is 264 g/mol. The second-order valence-corrected chi connectivity index (χ2v) is 4.34. The van der Waals surface area contributed by atoms with Gasteiger partial charge in [-0.2, -0.15) is 0 Å². The number of aromatic nitrogens is 2. The highest BCUT2D eigenvalue weighted by atomic mass is 32.1. The molecular weight excluding hydrogens is 252 g/mol. The molecule has 0 unspecified atom stereocenters. The van der Waals surface area contributed by atoms with Gasteiger partial charge in [-0.15, -0.1) is 5.10 Å². The Morgan fingerprint density at radius 1 is 1.22 bits per heavy atom. The SMILES string of the molecule is COc1ccc(C(=O)c2snnc2C)cc1OC. The van der Waals surface area contributed by atoms with E-state index in [0.717, 1.165) is 11.5 Å². The van der Waals surface area contributed by atoms with Crippen LogP contribution in [0, 0.1) is 6.92 Å². The topological polar surface area (TPSA) is 61.3 Å². The van der Waals surface area contributed by atoms with Crippen molar-refractivity contribution in [3.8, 4) is 11.5 Å². The van der Waals surface area contributed by atoms with Crippen molar-refractivity contribution in [2.24, 2.45) is 0 Å². The number of nitrogens with zero attached hydrogens (tertiary/aromatic N) is 2. The molecule has 6 heteroatoms. The van der Waals surface area contributed by atoms with Crippen molar-refractivity contribution < 1.29 is 14.3 Å². The highest BCUT2D eigenvalue weighted by Crippen LogP contribution is 2.29. The number of ether oxygens (including phenoxy) is 2. The van der Waals surface area contributed by atoms with E-state index in [1.54, 1.807) is 32.2 Å². The van der Waals surface area contributed by atoms with Gasteiger partial charge in [0.05, 0.1) is 19.9 Å². The smallest absolute Gasteiger partial charge is 0.206 e. The molecule has 0 aliphatic heterocycles. The highest BCUT2D eigenvalue weighted by molar-refractivity contribution is 7.08. The van der Waals surface area contributed by atoms with Gasteiger partial charge in [0.15, 0.2) is 11.5 Å². The van der Waals surface area contributed by atoms with Gasteiger partial charge in [0.25, 0.3) is 0 Å². The van der Waals surface area contributed by atoms with Crippen LogP contribution in [-0.4, -0.2) is 29.6 Å². The molecule has 0 fully saturated rings. The Bertz CT molecular complexity index is 580. The molecule has 1 aromatic heterocycles. The molecule has 0 bridgehead atoms. The van der Waals surface area contributed by atoms with Crippen molar-refractivity contribution in [3.05, 3.63) is 34.3 Å². The van der Waals surface area contributed by atoms with Gasteiger partial charge in [0.1, 0.15) is 4.88 Å². The van der Waals surface area contributed by atoms with E-state index in [4.69, 9.17) is 9.47 Å². The number of methoxy groups -OCH3 is 2. The van der Waals surface area contributed by atoms with Gasteiger partial charge >= 0.3 is 0 Å². The van der Waals surface area contributed by atoms with E-state index in [-0.39, 0.29) is 5.78 Å². The van der Waals surface area contributed by atoms with E-state index in [1.807, 2.05) is 0 Å². The third-order valence-corrected chi connectivity index (χ3v) is 3.33. The molecule has 5 nitrogen and oxygen atoms in total. The number of rotatable bonds is 4. The fraction of sp³-hybridized carbons (Fsp3) is 0.250. The lowest BCUT2D eigenvalue weighted by molar-refractivity contribution is 0.104. The molecule has 2 rings (SSSR count). The van der Waals surface area contributed by atoms with Crippen molar-refractivity contribution in [1.82, 2.24) is 9.59 Å². The molecular formula is C12H12N2O3S. The van der Waals surface area contributed by atoms with Crippen molar-refractivity contribution in [2.45, 2.75) is 6.92 Å². The third kappa shape index (κ3) is 2.19. The zero-order valence-corrected chi connectivity index (χ0v) is 11.1. The molecule has 0 spiro atoms. The Kier molecular flexibility index (Phi) is 3.57. The normalized spacial score (nSPS) is 10.2. The minimum absolute atomic E-state index is 0.108. The van der Waals surface area contributed by atoms with Crippen LogP contribution >= 0.6 is 11.5 Å². The lowest BCUT2D eigenvalue weighted by Crippen LogP contribution is -2.02. The Morgan fingerprint density at radius 3 is 2.50 bits per heavy atom. The van der Waals surface area contributed by atoms with Gasteiger partial charge in [-0.3, -0.25) is 4.79 Å². The zero-order chi connectivity index (χ0) is 13.1. The molecule has 94 valence electrons. The predicted molar refractivity (Wildman–Crippen MR) is 67.6 cm³/mol. The van der Waals surface area contributed by atoms with E-state index in [0.29, 0.717) is 27.6 Å². The molecule has 0 saturated carbocycles. The molecule has 0 aliphatic rings. The summed E-state index contributed by atoms with van der Waals surface area (Å²) in [6.45, 7) is 1.76. The molecule has 0 N–H and O–H groups in total. The largest absolute Gasteiger partial charge is 0.493 e. The summed E-state index contributed by atoms with van der Waals surface area (Å²) in [6.07, 6.45) is 0. The minimum atomic E-state index is -0.108. The summed E-state index contributed by atoms with van der Waals surface area (Å²) in [7, 11) is 3.09. The van der Waals surface area contributed by atoms with Crippen LogP contribution in [0.1, 0.15) is 20.9 Å². The first-order valence-electron chi connectivity index (χ1n) is 5.23. The van der Waals surface area contributed by atoms with Gasteiger partial charge in [-0.1, -0.05) is 4.49 Å². The summed E-state index contributed by atoms with van der Waals surface area (Å²) >= 11 is 1.09.